The Bertz CT molecular complexity index is 1010. The van der Waals surface area contributed by atoms with Crippen LogP contribution in [0.25, 0.3) is 11.0 Å². The van der Waals surface area contributed by atoms with E-state index in [4.69, 9.17) is 14.5 Å². The van der Waals surface area contributed by atoms with Crippen molar-refractivity contribution in [2.75, 3.05) is 32.2 Å². The van der Waals surface area contributed by atoms with Crippen molar-refractivity contribution < 1.29 is 14.3 Å². The molecule has 0 radical (unpaired) electrons. The maximum Gasteiger partial charge on any atom is 0.167 e. The van der Waals surface area contributed by atoms with Crippen molar-refractivity contribution in [2.24, 2.45) is 5.92 Å². The number of hydrogen-bond acceptors (Lipinski definition) is 6. The Morgan fingerprint density at radius 1 is 1.07 bits per heavy atom. The monoisotopic (exact) mass is 377 g/mol. The normalized spacial score (nSPS) is 16.8. The summed E-state index contributed by atoms with van der Waals surface area (Å²) in [6, 6.07) is 13.2. The van der Waals surface area contributed by atoms with E-state index in [2.05, 4.69) is 9.88 Å². The molecular weight excluding hydrogens is 354 g/mol. The van der Waals surface area contributed by atoms with Gasteiger partial charge in [0.25, 0.3) is 0 Å². The zero-order valence-corrected chi connectivity index (χ0v) is 16.1. The lowest BCUT2D eigenvalue weighted by Crippen LogP contribution is -2.39. The van der Waals surface area contributed by atoms with Gasteiger partial charge in [-0.05, 0) is 43.2 Å². The van der Waals surface area contributed by atoms with Crippen molar-refractivity contribution in [1.29, 1.82) is 0 Å². The Hall–Kier alpha value is -3.15. The average Bonchev–Trinajstić information content (AvgIpc) is 2.77. The molecule has 0 aliphatic carbocycles. The number of ketones is 1. The van der Waals surface area contributed by atoms with Crippen molar-refractivity contribution in [1.82, 2.24) is 9.97 Å². The molecule has 6 heteroatoms. The van der Waals surface area contributed by atoms with Crippen LogP contribution in [0, 0.1) is 5.92 Å². The number of Topliss-reactive ketones (excluding diaryl/α,β-unsaturated/α-hetero) is 1. The molecule has 144 valence electrons. The second-order valence-corrected chi connectivity index (χ2v) is 6.94. The molecule has 2 aromatic carbocycles. The van der Waals surface area contributed by atoms with E-state index < -0.39 is 0 Å². The molecule has 1 fully saturated rings. The maximum absolute atomic E-state index is 13.1. The predicted octanol–water partition coefficient (Wildman–Crippen LogP) is 3.75. The van der Waals surface area contributed by atoms with Gasteiger partial charge in [-0.2, -0.15) is 0 Å². The van der Waals surface area contributed by atoms with Gasteiger partial charge < -0.3 is 14.4 Å². The number of ether oxygens (including phenoxy) is 2. The topological polar surface area (TPSA) is 64.5 Å². The number of piperidine rings is 1. The summed E-state index contributed by atoms with van der Waals surface area (Å²) in [5.41, 5.74) is 2.39. The molecule has 1 aliphatic rings. The first-order chi connectivity index (χ1) is 13.7. The minimum atomic E-state index is -0.0832. The quantitative estimate of drug-likeness (QED) is 0.631. The lowest BCUT2D eigenvalue weighted by atomic mass is 9.90. The molecule has 0 saturated carbocycles. The molecule has 28 heavy (non-hydrogen) atoms. The predicted molar refractivity (Wildman–Crippen MR) is 108 cm³/mol. The highest BCUT2D eigenvalue weighted by Crippen LogP contribution is 2.30. The lowest BCUT2D eigenvalue weighted by Gasteiger charge is -2.32. The minimum Gasteiger partial charge on any atom is -0.493 e. The van der Waals surface area contributed by atoms with Crippen LogP contribution >= 0.6 is 0 Å². The van der Waals surface area contributed by atoms with Crippen molar-refractivity contribution in [3.8, 4) is 11.5 Å². The van der Waals surface area contributed by atoms with Gasteiger partial charge in [0.15, 0.2) is 17.3 Å². The number of para-hydroxylation sites is 2. The molecular formula is C22H23N3O3. The molecule has 0 spiro atoms. The Balaban J connectivity index is 1.55. The summed E-state index contributed by atoms with van der Waals surface area (Å²) < 4.78 is 10.6. The minimum absolute atomic E-state index is 0.0832. The number of carbonyl (C=O) groups is 1. The second kappa shape index (κ2) is 7.84. The van der Waals surface area contributed by atoms with Crippen LogP contribution in [0.1, 0.15) is 23.2 Å². The van der Waals surface area contributed by atoms with Gasteiger partial charge in [0, 0.05) is 24.6 Å². The fourth-order valence-electron chi connectivity index (χ4n) is 3.72. The molecule has 6 nitrogen and oxygen atoms in total. The summed E-state index contributed by atoms with van der Waals surface area (Å²) in [5.74, 6) is 2.06. The Labute approximate surface area is 164 Å². The molecule has 1 aliphatic heterocycles. The van der Waals surface area contributed by atoms with Crippen LogP contribution < -0.4 is 14.4 Å². The van der Waals surface area contributed by atoms with Gasteiger partial charge in [0.1, 0.15) is 5.82 Å². The van der Waals surface area contributed by atoms with E-state index in [0.717, 1.165) is 36.2 Å². The first kappa shape index (κ1) is 18.2. The van der Waals surface area contributed by atoms with Crippen LogP contribution in [0.2, 0.25) is 0 Å². The number of nitrogens with zero attached hydrogens (tertiary/aromatic N) is 3. The maximum atomic E-state index is 13.1. The van der Waals surface area contributed by atoms with E-state index in [1.165, 1.54) is 0 Å². The summed E-state index contributed by atoms with van der Waals surface area (Å²) in [7, 11) is 3.16. The van der Waals surface area contributed by atoms with Gasteiger partial charge in [-0.25, -0.2) is 4.98 Å². The zero-order valence-electron chi connectivity index (χ0n) is 16.1. The summed E-state index contributed by atoms with van der Waals surface area (Å²) in [6.45, 7) is 1.52. The van der Waals surface area contributed by atoms with Crippen molar-refractivity contribution >= 4 is 22.6 Å². The molecule has 0 amide bonds. The number of anilines is 1. The van der Waals surface area contributed by atoms with Gasteiger partial charge in [-0.15, -0.1) is 0 Å². The number of hydrogen-bond donors (Lipinski definition) is 0. The number of carbonyl (C=O) groups excluding carboxylic acids is 1. The first-order valence-corrected chi connectivity index (χ1v) is 9.42. The van der Waals surface area contributed by atoms with Gasteiger partial charge >= 0.3 is 0 Å². The largest absolute Gasteiger partial charge is 0.493 e. The third kappa shape index (κ3) is 3.50. The van der Waals surface area contributed by atoms with Crippen LogP contribution in [0.5, 0.6) is 11.5 Å². The van der Waals surface area contributed by atoms with Crippen LogP contribution in [0.3, 0.4) is 0 Å². The second-order valence-electron chi connectivity index (χ2n) is 6.94. The Morgan fingerprint density at radius 3 is 2.64 bits per heavy atom. The fraction of sp³-hybridized carbons (Fsp3) is 0.318. The SMILES string of the molecule is COc1ccc(C(=O)[C@H]2CCCN(c3cnc4ccccc4n3)C2)cc1OC. The summed E-state index contributed by atoms with van der Waals surface area (Å²) in [4.78, 5) is 24.5. The van der Waals surface area contributed by atoms with Gasteiger partial charge in [-0.3, -0.25) is 9.78 Å². The van der Waals surface area contributed by atoms with Crippen LogP contribution in [0.15, 0.2) is 48.7 Å². The number of aromatic nitrogens is 2. The van der Waals surface area contributed by atoms with E-state index in [1.807, 2.05) is 24.3 Å². The number of methoxy groups -OCH3 is 2. The van der Waals surface area contributed by atoms with E-state index in [-0.39, 0.29) is 11.7 Å². The zero-order chi connectivity index (χ0) is 19.5. The molecule has 0 unspecified atom stereocenters. The van der Waals surface area contributed by atoms with Crippen LogP contribution in [-0.4, -0.2) is 43.1 Å². The van der Waals surface area contributed by atoms with Crippen LogP contribution in [-0.2, 0) is 0 Å². The smallest absolute Gasteiger partial charge is 0.167 e. The number of fused-ring (bicyclic) bond motifs is 1. The summed E-state index contributed by atoms with van der Waals surface area (Å²) in [5, 5.41) is 0. The average molecular weight is 377 g/mol. The Morgan fingerprint density at radius 2 is 1.86 bits per heavy atom. The molecule has 1 aromatic heterocycles. The van der Waals surface area contributed by atoms with E-state index in [1.54, 1.807) is 38.6 Å². The van der Waals surface area contributed by atoms with Crippen LogP contribution in [0.4, 0.5) is 5.82 Å². The van der Waals surface area contributed by atoms with Crippen molar-refractivity contribution in [2.45, 2.75) is 12.8 Å². The number of benzene rings is 2. The summed E-state index contributed by atoms with van der Waals surface area (Å²) >= 11 is 0. The molecule has 1 saturated heterocycles. The fourth-order valence-corrected chi connectivity index (χ4v) is 3.72. The molecule has 3 aromatic rings. The molecule has 1 atom stereocenters. The molecule has 0 N–H and O–H groups in total. The van der Waals surface area contributed by atoms with E-state index in [9.17, 15) is 4.79 Å². The third-order valence-corrected chi connectivity index (χ3v) is 5.22. The van der Waals surface area contributed by atoms with Gasteiger partial charge in [-0.1, -0.05) is 12.1 Å². The first-order valence-electron chi connectivity index (χ1n) is 9.42. The lowest BCUT2D eigenvalue weighted by molar-refractivity contribution is 0.0906. The van der Waals surface area contributed by atoms with Gasteiger partial charge in [0.2, 0.25) is 0 Å². The highest BCUT2D eigenvalue weighted by atomic mass is 16.5. The third-order valence-electron chi connectivity index (χ3n) is 5.22. The van der Waals surface area contributed by atoms with Crippen molar-refractivity contribution in [3.63, 3.8) is 0 Å². The highest BCUT2D eigenvalue weighted by molar-refractivity contribution is 5.99. The van der Waals surface area contributed by atoms with Crippen molar-refractivity contribution in [3.05, 3.63) is 54.2 Å². The molecule has 4 rings (SSSR count). The summed E-state index contributed by atoms with van der Waals surface area (Å²) in [6.07, 6.45) is 3.61. The highest BCUT2D eigenvalue weighted by Gasteiger charge is 2.28. The van der Waals surface area contributed by atoms with Gasteiger partial charge in [0.05, 0.1) is 31.4 Å². The number of rotatable bonds is 5. The van der Waals surface area contributed by atoms with E-state index in [0.29, 0.717) is 23.6 Å². The molecule has 2 heterocycles. The molecule has 0 bridgehead atoms. The van der Waals surface area contributed by atoms with E-state index >= 15 is 0 Å². The standard InChI is InChI=1S/C22H23N3O3/c1-27-19-10-9-15(12-20(19)28-2)22(26)16-6-5-11-25(14-16)21-13-23-17-7-3-4-8-18(17)24-21/h3-4,7-10,12-13,16H,5-6,11,14H2,1-2H3/t16-/m0/s1. The Kier molecular flexibility index (Phi) is 5.10.